The van der Waals surface area contributed by atoms with E-state index in [9.17, 15) is 0 Å². The predicted octanol–water partition coefficient (Wildman–Crippen LogP) is 2.00. The van der Waals surface area contributed by atoms with Gasteiger partial charge in [0, 0.05) is 0 Å². The summed E-state index contributed by atoms with van der Waals surface area (Å²) in [6, 6.07) is 0.478. The fourth-order valence-electron chi connectivity index (χ4n) is 2.31. The highest BCUT2D eigenvalue weighted by molar-refractivity contribution is 5.19. The summed E-state index contributed by atoms with van der Waals surface area (Å²) in [6.45, 7) is 2.26. The van der Waals surface area contributed by atoms with E-state index < -0.39 is 0 Å². The minimum absolute atomic E-state index is 0.478. The van der Waals surface area contributed by atoms with Gasteiger partial charge in [-0.05, 0) is 18.8 Å². The molecule has 0 spiro atoms. The minimum atomic E-state index is 0.478. The molecular weight excluding hydrogens is 176 g/mol. The molecule has 1 aliphatic carbocycles. The van der Waals surface area contributed by atoms with Gasteiger partial charge in [-0.1, -0.05) is 26.2 Å². The molecule has 14 heavy (non-hydrogen) atoms. The Morgan fingerprint density at radius 3 is 3.07 bits per heavy atom. The second-order valence-corrected chi connectivity index (χ2v) is 4.18. The molecule has 1 heterocycles. The molecule has 0 aromatic carbocycles. The maximum Gasteiger partial charge on any atom is 0.165 e. The number of hydrogen-bond donors (Lipinski definition) is 1. The summed E-state index contributed by atoms with van der Waals surface area (Å²) in [4.78, 5) is 1.80. The van der Waals surface area contributed by atoms with Crippen LogP contribution < -0.4 is 5.73 Å². The fraction of sp³-hybridized carbons (Fsp3) is 0.800. The molecule has 0 radical (unpaired) electrons. The molecule has 2 atom stereocenters. The molecule has 0 saturated heterocycles. The van der Waals surface area contributed by atoms with E-state index in [1.165, 1.54) is 32.1 Å². The molecule has 1 saturated carbocycles. The predicted molar refractivity (Wildman–Crippen MR) is 55.7 cm³/mol. The number of nitrogens with zero attached hydrogens (tertiary/aromatic N) is 3. The molecule has 4 heteroatoms. The highest BCUT2D eigenvalue weighted by atomic mass is 15.5. The Morgan fingerprint density at radius 1 is 1.57 bits per heavy atom. The van der Waals surface area contributed by atoms with E-state index in [0.29, 0.717) is 11.9 Å². The SMILES string of the molecule is CCC1CCCC(n2ncc(N)n2)C1. The van der Waals surface area contributed by atoms with Crippen molar-refractivity contribution in [2.45, 2.75) is 45.1 Å². The van der Waals surface area contributed by atoms with Gasteiger partial charge in [-0.2, -0.15) is 9.90 Å². The summed E-state index contributed by atoms with van der Waals surface area (Å²) in [6.07, 6.45) is 7.98. The van der Waals surface area contributed by atoms with Crippen LogP contribution in [0.25, 0.3) is 0 Å². The highest BCUT2D eigenvalue weighted by Gasteiger charge is 2.23. The van der Waals surface area contributed by atoms with Crippen LogP contribution in [0.1, 0.15) is 45.1 Å². The van der Waals surface area contributed by atoms with E-state index >= 15 is 0 Å². The number of anilines is 1. The zero-order valence-corrected chi connectivity index (χ0v) is 8.69. The average molecular weight is 194 g/mol. The van der Waals surface area contributed by atoms with Gasteiger partial charge in [0.15, 0.2) is 5.82 Å². The highest BCUT2D eigenvalue weighted by Crippen LogP contribution is 2.33. The van der Waals surface area contributed by atoms with Crippen molar-refractivity contribution in [1.82, 2.24) is 15.0 Å². The summed E-state index contributed by atoms with van der Waals surface area (Å²) >= 11 is 0. The van der Waals surface area contributed by atoms with Crippen molar-refractivity contribution in [1.29, 1.82) is 0 Å². The third kappa shape index (κ3) is 1.89. The Kier molecular flexibility index (Phi) is 2.70. The van der Waals surface area contributed by atoms with Crippen LogP contribution in [0.15, 0.2) is 6.20 Å². The van der Waals surface area contributed by atoms with Crippen LogP contribution in [-0.2, 0) is 0 Å². The number of rotatable bonds is 2. The number of nitrogens with two attached hydrogens (primary N) is 1. The third-order valence-corrected chi connectivity index (χ3v) is 3.19. The maximum absolute atomic E-state index is 5.56. The van der Waals surface area contributed by atoms with Crippen molar-refractivity contribution in [2.75, 3.05) is 5.73 Å². The second-order valence-electron chi connectivity index (χ2n) is 4.18. The first-order chi connectivity index (χ1) is 6.79. The van der Waals surface area contributed by atoms with Crippen molar-refractivity contribution in [3.05, 3.63) is 6.20 Å². The Morgan fingerprint density at radius 2 is 2.43 bits per heavy atom. The zero-order valence-electron chi connectivity index (χ0n) is 8.69. The number of nitrogen functional groups attached to an aromatic ring is 1. The Labute approximate surface area is 84.5 Å². The quantitative estimate of drug-likeness (QED) is 0.783. The molecule has 1 fully saturated rings. The van der Waals surface area contributed by atoms with Gasteiger partial charge in [0.2, 0.25) is 0 Å². The van der Waals surface area contributed by atoms with Gasteiger partial charge in [0.25, 0.3) is 0 Å². The van der Waals surface area contributed by atoms with Crippen LogP contribution in [0.2, 0.25) is 0 Å². The van der Waals surface area contributed by atoms with Gasteiger partial charge in [0.1, 0.15) is 0 Å². The standard InChI is InChI=1S/C10H18N4/c1-2-8-4-3-5-9(6-8)14-12-7-10(11)13-14/h7-9H,2-6H2,1H3,(H2,11,13). The van der Waals surface area contributed by atoms with Gasteiger partial charge >= 0.3 is 0 Å². The van der Waals surface area contributed by atoms with Gasteiger partial charge in [-0.25, -0.2) is 0 Å². The van der Waals surface area contributed by atoms with Crippen LogP contribution in [0.5, 0.6) is 0 Å². The van der Waals surface area contributed by atoms with E-state index in [4.69, 9.17) is 5.73 Å². The molecule has 2 unspecified atom stereocenters. The lowest BCUT2D eigenvalue weighted by Gasteiger charge is -2.27. The summed E-state index contributed by atoms with van der Waals surface area (Å²) in [7, 11) is 0. The van der Waals surface area contributed by atoms with Crippen LogP contribution in [-0.4, -0.2) is 15.0 Å². The molecule has 0 bridgehead atoms. The molecule has 4 nitrogen and oxygen atoms in total. The first kappa shape index (κ1) is 9.49. The van der Waals surface area contributed by atoms with Crippen LogP contribution >= 0.6 is 0 Å². The fourth-order valence-corrected chi connectivity index (χ4v) is 2.31. The van der Waals surface area contributed by atoms with Crippen molar-refractivity contribution in [3.8, 4) is 0 Å². The van der Waals surface area contributed by atoms with Crippen LogP contribution in [0, 0.1) is 5.92 Å². The van der Waals surface area contributed by atoms with Crippen LogP contribution in [0.4, 0.5) is 5.82 Å². The molecule has 1 aromatic heterocycles. The van der Waals surface area contributed by atoms with Crippen LogP contribution in [0.3, 0.4) is 0 Å². The molecule has 0 amide bonds. The van der Waals surface area contributed by atoms with Gasteiger partial charge in [-0.3, -0.25) is 0 Å². The molecular formula is C10H18N4. The van der Waals surface area contributed by atoms with E-state index in [-0.39, 0.29) is 0 Å². The van der Waals surface area contributed by atoms with Crippen molar-refractivity contribution in [3.63, 3.8) is 0 Å². The smallest absolute Gasteiger partial charge is 0.165 e. The molecule has 1 aromatic rings. The van der Waals surface area contributed by atoms with E-state index in [0.717, 1.165) is 5.92 Å². The molecule has 2 rings (SSSR count). The molecule has 1 aliphatic rings. The van der Waals surface area contributed by atoms with E-state index in [2.05, 4.69) is 17.1 Å². The number of aromatic nitrogens is 3. The summed E-state index contributed by atoms with van der Waals surface area (Å²) in [5.41, 5.74) is 5.56. The Hall–Kier alpha value is -1.06. The summed E-state index contributed by atoms with van der Waals surface area (Å²) < 4.78 is 0. The van der Waals surface area contributed by atoms with E-state index in [1.807, 2.05) is 0 Å². The lowest BCUT2D eigenvalue weighted by atomic mass is 9.84. The molecule has 2 N–H and O–H groups in total. The third-order valence-electron chi connectivity index (χ3n) is 3.19. The lowest BCUT2D eigenvalue weighted by Crippen LogP contribution is -2.20. The minimum Gasteiger partial charge on any atom is -0.381 e. The molecule has 78 valence electrons. The Bertz CT molecular complexity index is 294. The normalized spacial score (nSPS) is 27.8. The first-order valence-corrected chi connectivity index (χ1v) is 5.47. The average Bonchev–Trinajstić information content (AvgIpc) is 2.65. The largest absolute Gasteiger partial charge is 0.381 e. The second kappa shape index (κ2) is 3.98. The first-order valence-electron chi connectivity index (χ1n) is 5.47. The lowest BCUT2D eigenvalue weighted by molar-refractivity contribution is 0.231. The maximum atomic E-state index is 5.56. The van der Waals surface area contributed by atoms with Gasteiger partial charge in [-0.15, -0.1) is 5.10 Å². The van der Waals surface area contributed by atoms with Crippen molar-refractivity contribution < 1.29 is 0 Å². The zero-order chi connectivity index (χ0) is 9.97. The summed E-state index contributed by atoms with van der Waals surface area (Å²) in [5.74, 6) is 1.38. The topological polar surface area (TPSA) is 56.7 Å². The van der Waals surface area contributed by atoms with Crippen molar-refractivity contribution in [2.24, 2.45) is 5.92 Å². The van der Waals surface area contributed by atoms with Gasteiger partial charge in [0.05, 0.1) is 12.2 Å². The Balaban J connectivity index is 2.04. The molecule has 0 aliphatic heterocycles. The van der Waals surface area contributed by atoms with Crippen molar-refractivity contribution >= 4 is 5.82 Å². The van der Waals surface area contributed by atoms with E-state index in [1.54, 1.807) is 11.0 Å². The van der Waals surface area contributed by atoms with Gasteiger partial charge < -0.3 is 5.73 Å². The summed E-state index contributed by atoms with van der Waals surface area (Å²) in [5, 5.41) is 8.38. The number of hydrogen-bond acceptors (Lipinski definition) is 3. The monoisotopic (exact) mass is 194 g/mol.